The molecule has 0 spiro atoms. The van der Waals surface area contributed by atoms with E-state index in [-0.39, 0.29) is 18.3 Å². The van der Waals surface area contributed by atoms with Gasteiger partial charge in [0, 0.05) is 18.8 Å². The maximum atomic E-state index is 12.1. The van der Waals surface area contributed by atoms with Crippen molar-refractivity contribution < 1.29 is 4.79 Å². The van der Waals surface area contributed by atoms with Crippen LogP contribution in [-0.2, 0) is 0 Å². The van der Waals surface area contributed by atoms with Gasteiger partial charge in [0.05, 0.1) is 5.69 Å². The molecule has 0 aliphatic rings. The van der Waals surface area contributed by atoms with Crippen molar-refractivity contribution in [2.24, 2.45) is 0 Å². The lowest BCUT2D eigenvalue weighted by atomic mass is 10.3. The van der Waals surface area contributed by atoms with Crippen molar-refractivity contribution in [1.29, 1.82) is 0 Å². The normalized spacial score (nSPS) is 10.1. The van der Waals surface area contributed by atoms with Crippen LogP contribution < -0.4 is 10.6 Å². The van der Waals surface area contributed by atoms with Gasteiger partial charge in [-0.3, -0.25) is 4.79 Å². The monoisotopic (exact) mass is 322 g/mol. The lowest BCUT2D eigenvalue weighted by molar-refractivity contribution is 0.0948. The van der Waals surface area contributed by atoms with Crippen molar-refractivity contribution in [3.8, 4) is 5.69 Å². The molecule has 0 saturated carbocycles. The van der Waals surface area contributed by atoms with Crippen LogP contribution in [0, 0.1) is 6.92 Å². The molecule has 5 nitrogen and oxygen atoms in total. The number of halogens is 1. The molecule has 1 aromatic carbocycles. The summed E-state index contributed by atoms with van der Waals surface area (Å²) >= 11 is 0. The average Bonchev–Trinajstić information content (AvgIpc) is 2.90. The van der Waals surface area contributed by atoms with Crippen molar-refractivity contribution in [1.82, 2.24) is 20.4 Å². The van der Waals surface area contributed by atoms with Crippen LogP contribution in [0.3, 0.4) is 0 Å². The van der Waals surface area contributed by atoms with Gasteiger partial charge in [0.15, 0.2) is 5.69 Å². The molecule has 22 heavy (non-hydrogen) atoms. The number of hydrogen-bond donors (Lipinski definition) is 2. The van der Waals surface area contributed by atoms with Gasteiger partial charge in [-0.2, -0.15) is 5.10 Å². The Balaban J connectivity index is 0.00000242. The minimum Gasteiger partial charge on any atom is -0.349 e. The maximum Gasteiger partial charge on any atom is 0.271 e. The fraction of sp³-hybridized carbons (Fsp3) is 0.375. The van der Waals surface area contributed by atoms with Crippen LogP contribution in [0.25, 0.3) is 5.69 Å². The minimum atomic E-state index is -0.133. The largest absolute Gasteiger partial charge is 0.349 e. The van der Waals surface area contributed by atoms with Crippen molar-refractivity contribution in [3.05, 3.63) is 47.8 Å². The first-order chi connectivity index (χ1) is 10.2. The van der Waals surface area contributed by atoms with E-state index in [0.717, 1.165) is 30.9 Å². The Labute approximate surface area is 137 Å². The van der Waals surface area contributed by atoms with Crippen LogP contribution in [0.1, 0.15) is 29.5 Å². The van der Waals surface area contributed by atoms with Crippen LogP contribution in [0.4, 0.5) is 0 Å². The number of benzene rings is 1. The number of para-hydroxylation sites is 1. The van der Waals surface area contributed by atoms with E-state index >= 15 is 0 Å². The molecule has 0 radical (unpaired) electrons. The number of carbonyl (C=O) groups excluding carboxylic acids is 1. The first kappa shape index (κ1) is 18.2. The summed E-state index contributed by atoms with van der Waals surface area (Å²) < 4.78 is 1.78. The van der Waals surface area contributed by atoms with Crippen LogP contribution in [0.5, 0.6) is 0 Å². The number of hydrogen-bond acceptors (Lipinski definition) is 3. The van der Waals surface area contributed by atoms with Crippen LogP contribution in [0.2, 0.25) is 0 Å². The zero-order chi connectivity index (χ0) is 15.1. The molecule has 0 fully saturated rings. The first-order valence-electron chi connectivity index (χ1n) is 7.33. The Morgan fingerprint density at radius 3 is 2.59 bits per heavy atom. The van der Waals surface area contributed by atoms with Gasteiger partial charge in [-0.25, -0.2) is 4.68 Å². The summed E-state index contributed by atoms with van der Waals surface area (Å²) in [6.45, 7) is 6.41. The summed E-state index contributed by atoms with van der Waals surface area (Å²) in [6.07, 6.45) is 1.09. The van der Waals surface area contributed by atoms with Gasteiger partial charge in [0.1, 0.15) is 0 Å². The van der Waals surface area contributed by atoms with Gasteiger partial charge in [-0.15, -0.1) is 12.4 Å². The lowest BCUT2D eigenvalue weighted by Gasteiger charge is -2.04. The van der Waals surface area contributed by atoms with Gasteiger partial charge >= 0.3 is 0 Å². The van der Waals surface area contributed by atoms with Crippen LogP contribution >= 0.6 is 12.4 Å². The van der Waals surface area contributed by atoms with Crippen molar-refractivity contribution >= 4 is 18.3 Å². The molecule has 0 saturated heterocycles. The zero-order valence-corrected chi connectivity index (χ0v) is 13.8. The molecule has 2 N–H and O–H groups in total. The number of rotatable bonds is 7. The standard InChI is InChI=1S/C16H22N4O.ClH/c1-3-9-17-10-11-18-16(21)15-12-13(2)20(19-15)14-7-5-4-6-8-14;/h4-8,12,17H,3,9-11H2,1-2H3,(H,18,21);1H. The van der Waals surface area contributed by atoms with E-state index in [1.54, 1.807) is 4.68 Å². The molecule has 1 heterocycles. The Morgan fingerprint density at radius 1 is 1.18 bits per heavy atom. The number of carbonyl (C=O) groups is 1. The molecule has 1 aromatic heterocycles. The van der Waals surface area contributed by atoms with E-state index in [0.29, 0.717) is 12.2 Å². The third kappa shape index (κ3) is 4.86. The highest BCUT2D eigenvalue weighted by atomic mass is 35.5. The van der Waals surface area contributed by atoms with Gasteiger partial charge in [-0.1, -0.05) is 25.1 Å². The fourth-order valence-electron chi connectivity index (χ4n) is 2.07. The highest BCUT2D eigenvalue weighted by Gasteiger charge is 2.12. The molecular formula is C16H23ClN4O. The smallest absolute Gasteiger partial charge is 0.271 e. The van der Waals surface area contributed by atoms with E-state index in [9.17, 15) is 4.79 Å². The number of amides is 1. The highest BCUT2D eigenvalue weighted by molar-refractivity contribution is 5.92. The second-order valence-electron chi connectivity index (χ2n) is 4.92. The summed E-state index contributed by atoms with van der Waals surface area (Å²) in [5.41, 5.74) is 2.35. The van der Waals surface area contributed by atoms with E-state index in [1.807, 2.05) is 43.3 Å². The summed E-state index contributed by atoms with van der Waals surface area (Å²) in [7, 11) is 0. The Kier molecular flexibility index (Phi) is 7.63. The maximum absolute atomic E-state index is 12.1. The van der Waals surface area contributed by atoms with Crippen molar-refractivity contribution in [3.63, 3.8) is 0 Å². The molecule has 0 unspecified atom stereocenters. The number of aromatic nitrogens is 2. The quantitative estimate of drug-likeness (QED) is 0.769. The summed E-state index contributed by atoms with van der Waals surface area (Å²) in [4.78, 5) is 12.1. The summed E-state index contributed by atoms with van der Waals surface area (Å²) in [6, 6.07) is 11.6. The van der Waals surface area contributed by atoms with E-state index in [2.05, 4.69) is 22.7 Å². The van der Waals surface area contributed by atoms with Crippen molar-refractivity contribution in [2.75, 3.05) is 19.6 Å². The Morgan fingerprint density at radius 2 is 1.91 bits per heavy atom. The summed E-state index contributed by atoms with van der Waals surface area (Å²) in [5, 5.41) is 10.5. The number of nitrogens with one attached hydrogen (secondary N) is 2. The van der Waals surface area contributed by atoms with Crippen molar-refractivity contribution in [2.45, 2.75) is 20.3 Å². The molecular weight excluding hydrogens is 300 g/mol. The SMILES string of the molecule is CCCNCCNC(=O)c1cc(C)n(-c2ccccc2)n1.Cl. The highest BCUT2D eigenvalue weighted by Crippen LogP contribution is 2.11. The number of aryl methyl sites for hydroxylation is 1. The average molecular weight is 323 g/mol. The van der Waals surface area contributed by atoms with E-state index in [4.69, 9.17) is 0 Å². The van der Waals surface area contributed by atoms with Gasteiger partial charge in [-0.05, 0) is 38.1 Å². The zero-order valence-electron chi connectivity index (χ0n) is 13.0. The molecule has 0 bridgehead atoms. The first-order valence-corrected chi connectivity index (χ1v) is 7.33. The lowest BCUT2D eigenvalue weighted by Crippen LogP contribution is -2.32. The predicted molar refractivity (Wildman–Crippen MR) is 91.0 cm³/mol. The Bertz CT molecular complexity index is 583. The molecule has 2 rings (SSSR count). The van der Waals surface area contributed by atoms with E-state index in [1.165, 1.54) is 0 Å². The molecule has 2 aromatic rings. The molecule has 0 atom stereocenters. The third-order valence-electron chi connectivity index (χ3n) is 3.13. The van der Waals surface area contributed by atoms with E-state index < -0.39 is 0 Å². The molecule has 0 aliphatic carbocycles. The molecule has 1 amide bonds. The molecule has 120 valence electrons. The number of nitrogens with zero attached hydrogens (tertiary/aromatic N) is 2. The van der Waals surface area contributed by atoms with Crippen LogP contribution in [0.15, 0.2) is 36.4 Å². The topological polar surface area (TPSA) is 58.9 Å². The van der Waals surface area contributed by atoms with Gasteiger partial charge < -0.3 is 10.6 Å². The van der Waals surface area contributed by atoms with Crippen LogP contribution in [-0.4, -0.2) is 35.3 Å². The molecule has 6 heteroatoms. The minimum absolute atomic E-state index is 0. The second kappa shape index (κ2) is 9.23. The predicted octanol–water partition coefficient (Wildman–Crippen LogP) is 2.33. The fourth-order valence-corrected chi connectivity index (χ4v) is 2.07. The second-order valence-corrected chi connectivity index (χ2v) is 4.92. The van der Waals surface area contributed by atoms with Gasteiger partial charge in [0.25, 0.3) is 5.91 Å². The third-order valence-corrected chi connectivity index (χ3v) is 3.13. The molecule has 0 aliphatic heterocycles. The Hall–Kier alpha value is -1.85. The van der Waals surface area contributed by atoms with Gasteiger partial charge in [0.2, 0.25) is 0 Å². The summed E-state index contributed by atoms with van der Waals surface area (Å²) in [5.74, 6) is -0.133.